The third-order valence-electron chi connectivity index (χ3n) is 15.0. The first-order valence-corrected chi connectivity index (χ1v) is 24.1. The number of aromatic nitrogens is 3. The molecule has 5 heteroatoms. The van der Waals surface area contributed by atoms with Gasteiger partial charge in [0, 0.05) is 71.9 Å². The molecule has 5 heterocycles. The van der Waals surface area contributed by atoms with E-state index in [1.54, 1.807) is 0 Å². The average molecular weight is 867 g/mol. The smallest absolute Gasteiger partial charge is 0.351 e. The first-order chi connectivity index (χ1) is 32.2. The molecule has 0 atom stereocenters. The van der Waals surface area contributed by atoms with Crippen LogP contribution in [0, 0.1) is 0 Å². The second-order valence-corrected chi connectivity index (χ2v) is 22.2. The molecule has 2 aliphatic heterocycles. The van der Waals surface area contributed by atoms with Crippen LogP contribution in [0.1, 0.15) is 79.0 Å². The summed E-state index contributed by atoms with van der Waals surface area (Å²) in [5.41, 5.74) is 21.3. The van der Waals surface area contributed by atoms with Crippen molar-refractivity contribution in [2.45, 2.75) is 78.6 Å². The first-order valence-electron chi connectivity index (χ1n) is 24.1. The molecule has 0 radical (unpaired) electrons. The van der Waals surface area contributed by atoms with E-state index in [1.807, 2.05) is 0 Å². The number of benzene rings is 8. The second kappa shape index (κ2) is 13.7. The van der Waals surface area contributed by atoms with Crippen LogP contribution in [0.15, 0.2) is 170 Å². The molecule has 13 rings (SSSR count). The Morgan fingerprint density at radius 1 is 0.388 bits per heavy atom. The Labute approximate surface area is 393 Å². The summed E-state index contributed by atoms with van der Waals surface area (Å²) < 4.78 is 7.89. The highest BCUT2D eigenvalue weighted by Gasteiger charge is 2.47. The van der Waals surface area contributed by atoms with Gasteiger partial charge in [-0.25, -0.2) is 0 Å². The largest absolute Gasteiger partial charge is 0.374 e. The summed E-state index contributed by atoms with van der Waals surface area (Å²) in [6, 6.07) is 64.7. The van der Waals surface area contributed by atoms with Crippen molar-refractivity contribution >= 4 is 89.5 Å². The fourth-order valence-corrected chi connectivity index (χ4v) is 11.7. The summed E-state index contributed by atoms with van der Waals surface area (Å²) in [5.74, 6) is 0. The first kappa shape index (κ1) is 40.1. The normalized spacial score (nSPS) is 13.7. The molecule has 0 spiro atoms. The molecule has 0 N–H and O–H groups in total. The lowest BCUT2D eigenvalue weighted by Gasteiger charge is -2.41. The fraction of sp³-hybridized carbons (Fsp3) is 0.194. The lowest BCUT2D eigenvalue weighted by atomic mass is 9.46. The Morgan fingerprint density at radius 3 is 1.60 bits per heavy atom. The highest BCUT2D eigenvalue weighted by molar-refractivity contribution is 6.90. The predicted molar refractivity (Wildman–Crippen MR) is 287 cm³/mol. The molecular formula is C62H55BN4. The summed E-state index contributed by atoms with van der Waals surface area (Å²) in [5, 5.41) is 6.39. The number of nitrogens with zero attached hydrogens (tertiary/aromatic N) is 4. The molecule has 0 fully saturated rings. The van der Waals surface area contributed by atoms with Gasteiger partial charge < -0.3 is 18.5 Å². The van der Waals surface area contributed by atoms with Crippen molar-refractivity contribution in [3.63, 3.8) is 0 Å². The van der Waals surface area contributed by atoms with Gasteiger partial charge in [-0.1, -0.05) is 159 Å². The van der Waals surface area contributed by atoms with Crippen LogP contribution < -0.4 is 16.0 Å². The van der Waals surface area contributed by atoms with Crippen LogP contribution in [0.5, 0.6) is 0 Å². The maximum Gasteiger partial charge on any atom is 0.351 e. The van der Waals surface area contributed by atoms with Crippen LogP contribution in [-0.2, 0) is 16.2 Å². The monoisotopic (exact) mass is 866 g/mol. The van der Waals surface area contributed by atoms with Gasteiger partial charge in [-0.15, -0.1) is 0 Å². The molecular weight excluding hydrogens is 812 g/mol. The molecule has 326 valence electrons. The van der Waals surface area contributed by atoms with Crippen molar-refractivity contribution in [2.75, 3.05) is 4.90 Å². The minimum Gasteiger partial charge on any atom is -0.374 e. The third-order valence-corrected chi connectivity index (χ3v) is 15.0. The van der Waals surface area contributed by atoms with Crippen LogP contribution in [0.3, 0.4) is 0 Å². The Hall–Kier alpha value is -7.24. The van der Waals surface area contributed by atoms with Crippen molar-refractivity contribution in [3.05, 3.63) is 187 Å². The van der Waals surface area contributed by atoms with Crippen LogP contribution in [0.4, 0.5) is 17.1 Å². The Kier molecular flexibility index (Phi) is 8.18. The van der Waals surface area contributed by atoms with Gasteiger partial charge in [-0.2, -0.15) is 0 Å². The maximum absolute atomic E-state index is 2.76. The van der Waals surface area contributed by atoms with E-state index in [1.165, 1.54) is 116 Å². The van der Waals surface area contributed by atoms with Crippen LogP contribution >= 0.6 is 0 Å². The fourth-order valence-electron chi connectivity index (χ4n) is 11.7. The van der Waals surface area contributed by atoms with Gasteiger partial charge in [0.15, 0.2) is 0 Å². The molecule has 8 aromatic carbocycles. The molecule has 0 bridgehead atoms. The Bertz CT molecular complexity index is 3840. The summed E-state index contributed by atoms with van der Waals surface area (Å²) in [6.07, 6.45) is 0. The lowest BCUT2D eigenvalue weighted by Crippen LogP contribution is -2.58. The van der Waals surface area contributed by atoms with Crippen molar-refractivity contribution in [3.8, 4) is 22.5 Å². The van der Waals surface area contributed by atoms with E-state index >= 15 is 0 Å². The van der Waals surface area contributed by atoms with Gasteiger partial charge in [0.25, 0.3) is 0 Å². The number of anilines is 3. The van der Waals surface area contributed by atoms with Crippen LogP contribution in [0.25, 0.3) is 77.0 Å². The van der Waals surface area contributed by atoms with E-state index < -0.39 is 0 Å². The van der Waals surface area contributed by atoms with Crippen LogP contribution in [0.2, 0.25) is 0 Å². The van der Waals surface area contributed by atoms with Crippen molar-refractivity contribution in [2.24, 2.45) is 0 Å². The Balaban J connectivity index is 1.29. The molecule has 0 saturated carbocycles. The van der Waals surface area contributed by atoms with Gasteiger partial charge in [0.2, 0.25) is 0 Å². The summed E-state index contributed by atoms with van der Waals surface area (Å²) >= 11 is 0. The lowest BCUT2D eigenvalue weighted by molar-refractivity contribution is 0.590. The predicted octanol–water partition coefficient (Wildman–Crippen LogP) is 15.1. The summed E-state index contributed by atoms with van der Waals surface area (Å²) in [6.45, 7) is 20.9. The molecule has 11 aromatic rings. The Morgan fingerprint density at radius 2 is 0.955 bits per heavy atom. The maximum atomic E-state index is 2.76. The minimum absolute atomic E-state index is 0.0255. The van der Waals surface area contributed by atoms with E-state index in [2.05, 4.69) is 251 Å². The minimum atomic E-state index is -0.160. The van der Waals surface area contributed by atoms with Crippen LogP contribution in [-0.4, -0.2) is 20.5 Å². The van der Waals surface area contributed by atoms with E-state index in [4.69, 9.17) is 0 Å². The number of hydrogen-bond donors (Lipinski definition) is 0. The van der Waals surface area contributed by atoms with Gasteiger partial charge in [-0.05, 0) is 117 Å². The topological polar surface area (TPSA) is 18.0 Å². The molecule has 0 saturated heterocycles. The number of fused-ring (bicyclic) bond motifs is 13. The molecule has 4 nitrogen and oxygen atoms in total. The van der Waals surface area contributed by atoms with Crippen molar-refractivity contribution in [1.29, 1.82) is 0 Å². The molecule has 0 amide bonds. The number of rotatable bonds is 3. The van der Waals surface area contributed by atoms with Gasteiger partial charge >= 0.3 is 6.85 Å². The SMILES string of the molecule is CC(C)(C)c1ccc(N2c3cc(C(C)(C)C)cc4c3B(c3c2c2ccccc2n3-c2ccccc2)n2c3ccc(C(C)(C)C)cc3c3c2c-4cc2c4ccccc4n(-c4ccccc4)c23)cc1. The van der Waals surface area contributed by atoms with Gasteiger partial charge in [-0.3, -0.25) is 0 Å². The average Bonchev–Trinajstić information content (AvgIpc) is 3.96. The molecule has 2 aliphatic rings. The van der Waals surface area contributed by atoms with Crippen molar-refractivity contribution < 1.29 is 0 Å². The van der Waals surface area contributed by atoms with E-state index in [0.29, 0.717) is 0 Å². The van der Waals surface area contributed by atoms with E-state index in [0.717, 1.165) is 5.69 Å². The van der Waals surface area contributed by atoms with Gasteiger partial charge in [0.1, 0.15) is 0 Å². The van der Waals surface area contributed by atoms with Gasteiger partial charge in [0.05, 0.1) is 22.2 Å². The number of para-hydroxylation sites is 4. The summed E-state index contributed by atoms with van der Waals surface area (Å²) in [4.78, 5) is 2.62. The molecule has 3 aromatic heterocycles. The quantitative estimate of drug-likeness (QED) is 0.162. The van der Waals surface area contributed by atoms with E-state index in [-0.39, 0.29) is 23.1 Å². The standard InChI is InChI=1S/C62H55BN4/c1-60(2,3)38-28-31-43(32-29-38)65-53-36-40(62(7,8)9)35-46-48-37-47-44-24-16-18-26-50(44)64(41-20-12-10-13-21-41)56(47)54-49-34-39(61(4,5)6)30-33-52(49)67(57(48)54)63(55(46)53)59-58(65)45-25-17-19-27-51(45)66(59)42-22-14-11-15-23-42/h10-37H,1-9H3. The summed E-state index contributed by atoms with van der Waals surface area (Å²) in [7, 11) is 0. The zero-order valence-electron chi connectivity index (χ0n) is 40.0. The highest BCUT2D eigenvalue weighted by Crippen LogP contribution is 2.52. The van der Waals surface area contributed by atoms with Crippen molar-refractivity contribution in [1.82, 2.24) is 13.6 Å². The molecule has 0 aliphatic carbocycles. The second-order valence-electron chi connectivity index (χ2n) is 22.2. The third kappa shape index (κ3) is 5.61. The molecule has 0 unspecified atom stereocenters. The zero-order chi connectivity index (χ0) is 45.9. The molecule has 67 heavy (non-hydrogen) atoms. The zero-order valence-corrected chi connectivity index (χ0v) is 40.0. The van der Waals surface area contributed by atoms with E-state index in [9.17, 15) is 0 Å². The highest BCUT2D eigenvalue weighted by atomic mass is 15.2. The number of hydrogen-bond acceptors (Lipinski definition) is 1.